The Morgan fingerprint density at radius 1 is 1.00 bits per heavy atom. The number of piperazine rings is 1. The number of amides is 2. The van der Waals surface area contributed by atoms with Crippen LogP contribution in [0.3, 0.4) is 0 Å². The van der Waals surface area contributed by atoms with Gasteiger partial charge in [0, 0.05) is 45.7 Å². The number of nitrogens with two attached hydrogens (primary N) is 1. The molecule has 0 atom stereocenters. The third-order valence-electron chi connectivity index (χ3n) is 5.09. The lowest BCUT2D eigenvalue weighted by Crippen LogP contribution is -2.53. The van der Waals surface area contributed by atoms with Crippen molar-refractivity contribution in [3.8, 4) is 0 Å². The standard InChI is InChI=1S/C17H32N4O2/c1-4-19-9-11-20(12-10-19)15(22)13-14-5-7-21(8-6-14)16(23)17(2,3)18/h14H,4-13,18H2,1-3H3. The summed E-state index contributed by atoms with van der Waals surface area (Å²) >= 11 is 0. The van der Waals surface area contributed by atoms with Crippen molar-refractivity contribution in [3.05, 3.63) is 0 Å². The average Bonchev–Trinajstić information content (AvgIpc) is 2.54. The molecule has 0 aromatic carbocycles. The van der Waals surface area contributed by atoms with Crippen LogP contribution in [0.1, 0.15) is 40.0 Å². The van der Waals surface area contributed by atoms with E-state index in [0.717, 1.165) is 58.7 Å². The first-order chi connectivity index (χ1) is 10.8. The van der Waals surface area contributed by atoms with Gasteiger partial charge in [-0.3, -0.25) is 9.59 Å². The molecule has 0 saturated carbocycles. The summed E-state index contributed by atoms with van der Waals surface area (Å²) in [5, 5.41) is 0. The first-order valence-corrected chi connectivity index (χ1v) is 8.89. The molecule has 0 bridgehead atoms. The molecule has 2 heterocycles. The zero-order valence-corrected chi connectivity index (χ0v) is 14.9. The van der Waals surface area contributed by atoms with Crippen LogP contribution < -0.4 is 5.73 Å². The highest BCUT2D eigenvalue weighted by atomic mass is 16.2. The van der Waals surface area contributed by atoms with E-state index < -0.39 is 5.54 Å². The molecule has 23 heavy (non-hydrogen) atoms. The zero-order valence-electron chi connectivity index (χ0n) is 14.9. The Balaban J connectivity index is 1.74. The van der Waals surface area contributed by atoms with Crippen molar-refractivity contribution in [1.82, 2.24) is 14.7 Å². The summed E-state index contributed by atoms with van der Waals surface area (Å²) in [4.78, 5) is 30.9. The van der Waals surface area contributed by atoms with E-state index in [0.29, 0.717) is 12.3 Å². The van der Waals surface area contributed by atoms with Crippen LogP contribution in [0.25, 0.3) is 0 Å². The molecule has 0 aromatic heterocycles. The van der Waals surface area contributed by atoms with E-state index in [4.69, 9.17) is 5.73 Å². The maximum Gasteiger partial charge on any atom is 0.242 e. The lowest BCUT2D eigenvalue weighted by molar-refractivity contribution is -0.138. The van der Waals surface area contributed by atoms with Gasteiger partial charge in [-0.2, -0.15) is 0 Å². The molecule has 2 aliphatic heterocycles. The molecule has 0 aliphatic carbocycles. The SMILES string of the molecule is CCN1CCN(C(=O)CC2CCN(C(=O)C(C)(C)N)CC2)CC1. The highest BCUT2D eigenvalue weighted by Crippen LogP contribution is 2.23. The highest BCUT2D eigenvalue weighted by Gasteiger charge is 2.32. The lowest BCUT2D eigenvalue weighted by Gasteiger charge is -2.37. The Bertz CT molecular complexity index is 417. The molecule has 132 valence electrons. The molecule has 0 spiro atoms. The van der Waals surface area contributed by atoms with Gasteiger partial charge < -0.3 is 20.4 Å². The van der Waals surface area contributed by atoms with Crippen molar-refractivity contribution in [3.63, 3.8) is 0 Å². The van der Waals surface area contributed by atoms with Crippen LogP contribution >= 0.6 is 0 Å². The van der Waals surface area contributed by atoms with E-state index in [1.54, 1.807) is 13.8 Å². The summed E-state index contributed by atoms with van der Waals surface area (Å²) in [7, 11) is 0. The number of likely N-dealkylation sites (N-methyl/N-ethyl adjacent to an activating group) is 1. The molecule has 2 aliphatic rings. The number of piperidine rings is 1. The minimum Gasteiger partial charge on any atom is -0.341 e. The van der Waals surface area contributed by atoms with E-state index in [1.165, 1.54) is 0 Å². The van der Waals surface area contributed by atoms with Gasteiger partial charge in [-0.15, -0.1) is 0 Å². The van der Waals surface area contributed by atoms with Crippen LogP contribution in [-0.4, -0.2) is 77.9 Å². The Morgan fingerprint density at radius 2 is 1.57 bits per heavy atom. The van der Waals surface area contributed by atoms with Gasteiger partial charge in [0.25, 0.3) is 0 Å². The first kappa shape index (κ1) is 18.2. The fourth-order valence-electron chi connectivity index (χ4n) is 3.44. The third-order valence-corrected chi connectivity index (χ3v) is 5.09. The van der Waals surface area contributed by atoms with Crippen molar-refractivity contribution < 1.29 is 9.59 Å². The summed E-state index contributed by atoms with van der Waals surface area (Å²) < 4.78 is 0. The van der Waals surface area contributed by atoms with E-state index in [1.807, 2.05) is 9.80 Å². The molecule has 2 fully saturated rings. The summed E-state index contributed by atoms with van der Waals surface area (Å²) in [6, 6.07) is 0. The maximum absolute atomic E-state index is 12.4. The molecule has 0 radical (unpaired) electrons. The second kappa shape index (κ2) is 7.62. The number of rotatable bonds is 4. The molecule has 0 aromatic rings. The van der Waals surface area contributed by atoms with Crippen LogP contribution in [0.2, 0.25) is 0 Å². The van der Waals surface area contributed by atoms with Gasteiger partial charge in [-0.05, 0) is 39.2 Å². The average molecular weight is 324 g/mol. The van der Waals surface area contributed by atoms with Crippen LogP contribution in [-0.2, 0) is 9.59 Å². The number of hydrogen-bond donors (Lipinski definition) is 1. The second-order valence-electron chi connectivity index (χ2n) is 7.48. The molecule has 6 heteroatoms. The molecule has 2 amide bonds. The van der Waals surface area contributed by atoms with Gasteiger partial charge in [0.1, 0.15) is 0 Å². The Morgan fingerprint density at radius 3 is 2.04 bits per heavy atom. The van der Waals surface area contributed by atoms with Crippen molar-refractivity contribution in [1.29, 1.82) is 0 Å². The van der Waals surface area contributed by atoms with Crippen LogP contribution in [0.15, 0.2) is 0 Å². The normalized spacial score (nSPS) is 21.6. The van der Waals surface area contributed by atoms with Gasteiger partial charge in [0.15, 0.2) is 0 Å². The number of hydrogen-bond acceptors (Lipinski definition) is 4. The molecular weight excluding hydrogens is 292 g/mol. The predicted molar refractivity (Wildman–Crippen MR) is 90.9 cm³/mol. The monoisotopic (exact) mass is 324 g/mol. The third kappa shape index (κ3) is 4.91. The van der Waals surface area contributed by atoms with Gasteiger partial charge in [-0.1, -0.05) is 6.92 Å². The summed E-state index contributed by atoms with van der Waals surface area (Å²) in [5.74, 6) is 0.694. The summed E-state index contributed by atoms with van der Waals surface area (Å²) in [5.41, 5.74) is 5.09. The van der Waals surface area contributed by atoms with Gasteiger partial charge in [0.2, 0.25) is 11.8 Å². The smallest absolute Gasteiger partial charge is 0.242 e. The Hall–Kier alpha value is -1.14. The van der Waals surface area contributed by atoms with E-state index in [9.17, 15) is 9.59 Å². The fraction of sp³-hybridized carbons (Fsp3) is 0.882. The van der Waals surface area contributed by atoms with Crippen molar-refractivity contribution in [2.45, 2.75) is 45.6 Å². The van der Waals surface area contributed by atoms with Crippen LogP contribution in [0.5, 0.6) is 0 Å². The van der Waals surface area contributed by atoms with Crippen molar-refractivity contribution in [2.75, 3.05) is 45.8 Å². The molecule has 2 N–H and O–H groups in total. The largest absolute Gasteiger partial charge is 0.341 e. The van der Waals surface area contributed by atoms with E-state index in [2.05, 4.69) is 11.8 Å². The van der Waals surface area contributed by atoms with Crippen molar-refractivity contribution in [2.24, 2.45) is 11.7 Å². The minimum atomic E-state index is -0.804. The van der Waals surface area contributed by atoms with Crippen LogP contribution in [0, 0.1) is 5.92 Å². The maximum atomic E-state index is 12.4. The number of likely N-dealkylation sites (tertiary alicyclic amines) is 1. The predicted octanol–water partition coefficient (Wildman–Crippen LogP) is 0.517. The molecule has 2 rings (SSSR count). The van der Waals surface area contributed by atoms with Gasteiger partial charge in [-0.25, -0.2) is 0 Å². The Labute approximate surface area is 140 Å². The van der Waals surface area contributed by atoms with Crippen LogP contribution in [0.4, 0.5) is 0 Å². The molecule has 0 unspecified atom stereocenters. The second-order valence-corrected chi connectivity index (χ2v) is 7.48. The highest BCUT2D eigenvalue weighted by molar-refractivity contribution is 5.85. The molecular formula is C17H32N4O2. The summed E-state index contributed by atoms with van der Waals surface area (Å²) in [6.45, 7) is 11.9. The quantitative estimate of drug-likeness (QED) is 0.818. The number of nitrogens with zero attached hydrogens (tertiary/aromatic N) is 3. The number of carbonyl (C=O) groups is 2. The summed E-state index contributed by atoms with van der Waals surface area (Å²) in [6.07, 6.45) is 2.44. The van der Waals surface area contributed by atoms with Crippen molar-refractivity contribution >= 4 is 11.8 Å². The molecule has 6 nitrogen and oxygen atoms in total. The fourth-order valence-corrected chi connectivity index (χ4v) is 3.44. The minimum absolute atomic E-state index is 0.0120. The zero-order chi connectivity index (χ0) is 17.0. The van der Waals surface area contributed by atoms with E-state index in [-0.39, 0.29) is 11.8 Å². The number of carbonyl (C=O) groups excluding carboxylic acids is 2. The first-order valence-electron chi connectivity index (χ1n) is 8.89. The van der Waals surface area contributed by atoms with Gasteiger partial charge >= 0.3 is 0 Å². The Kier molecular flexibility index (Phi) is 6.03. The topological polar surface area (TPSA) is 69.9 Å². The lowest BCUT2D eigenvalue weighted by atomic mass is 9.91. The van der Waals surface area contributed by atoms with E-state index >= 15 is 0 Å². The van der Waals surface area contributed by atoms with Gasteiger partial charge in [0.05, 0.1) is 5.54 Å². The molecule has 2 saturated heterocycles.